The van der Waals surface area contributed by atoms with Crippen molar-refractivity contribution in [2.45, 2.75) is 31.6 Å². The fourth-order valence-corrected chi connectivity index (χ4v) is 3.89. The molecule has 6 nitrogen and oxygen atoms in total. The molecule has 122 valence electrons. The second-order valence-electron chi connectivity index (χ2n) is 5.47. The molecule has 0 saturated carbocycles. The smallest absolute Gasteiger partial charge is 0.312 e. The normalized spacial score (nSPS) is 18.5. The average molecular weight is 326 g/mol. The summed E-state index contributed by atoms with van der Waals surface area (Å²) >= 11 is 0. The molecule has 1 atom stereocenters. The van der Waals surface area contributed by atoms with Crippen LogP contribution in [0.15, 0.2) is 30.3 Å². The molecule has 7 heteroatoms. The highest BCUT2D eigenvalue weighted by molar-refractivity contribution is 7.87. The maximum absolute atomic E-state index is 12.3. The van der Waals surface area contributed by atoms with E-state index in [0.717, 1.165) is 25.7 Å². The van der Waals surface area contributed by atoms with Gasteiger partial charge in [-0.05, 0) is 18.4 Å². The van der Waals surface area contributed by atoms with Crippen molar-refractivity contribution in [3.05, 3.63) is 35.9 Å². The van der Waals surface area contributed by atoms with Crippen LogP contribution in [0.5, 0.6) is 0 Å². The molecule has 0 bridgehead atoms. The molecule has 1 heterocycles. The molecule has 0 aromatic heterocycles. The third-order valence-corrected chi connectivity index (χ3v) is 5.45. The molecule has 22 heavy (non-hydrogen) atoms. The minimum absolute atomic E-state index is 0.141. The van der Waals surface area contributed by atoms with Crippen molar-refractivity contribution in [3.8, 4) is 0 Å². The highest BCUT2D eigenvalue weighted by Gasteiger charge is 2.26. The van der Waals surface area contributed by atoms with E-state index < -0.39 is 22.1 Å². The molecule has 2 rings (SSSR count). The Bertz CT molecular complexity index is 581. The number of nitrogens with zero attached hydrogens (tertiary/aromatic N) is 1. The first kappa shape index (κ1) is 16.9. The maximum atomic E-state index is 12.3. The van der Waals surface area contributed by atoms with Crippen molar-refractivity contribution >= 4 is 16.2 Å². The predicted octanol–water partition coefficient (Wildman–Crippen LogP) is 1.57. The van der Waals surface area contributed by atoms with Crippen LogP contribution < -0.4 is 4.72 Å². The van der Waals surface area contributed by atoms with Gasteiger partial charge in [0.15, 0.2) is 0 Å². The topological polar surface area (TPSA) is 86.7 Å². The molecule has 1 aromatic carbocycles. The van der Waals surface area contributed by atoms with Crippen molar-refractivity contribution in [2.75, 3.05) is 19.6 Å². The number of benzene rings is 1. The summed E-state index contributed by atoms with van der Waals surface area (Å²) in [6, 6.07) is 8.67. The van der Waals surface area contributed by atoms with E-state index in [2.05, 4.69) is 4.72 Å². The Balaban J connectivity index is 2.03. The molecule has 0 radical (unpaired) electrons. The van der Waals surface area contributed by atoms with E-state index >= 15 is 0 Å². The summed E-state index contributed by atoms with van der Waals surface area (Å²) in [5.74, 6) is -1.92. The van der Waals surface area contributed by atoms with Crippen LogP contribution in [0.4, 0.5) is 0 Å². The first-order chi connectivity index (χ1) is 10.5. The second-order valence-corrected chi connectivity index (χ2v) is 7.22. The van der Waals surface area contributed by atoms with Gasteiger partial charge in [0.25, 0.3) is 10.2 Å². The van der Waals surface area contributed by atoms with Gasteiger partial charge in [-0.25, -0.2) is 4.72 Å². The number of hydrogen-bond donors (Lipinski definition) is 2. The summed E-state index contributed by atoms with van der Waals surface area (Å²) < 4.78 is 28.5. The fraction of sp³-hybridized carbons (Fsp3) is 0.533. The van der Waals surface area contributed by atoms with E-state index in [0.29, 0.717) is 18.7 Å². The van der Waals surface area contributed by atoms with Crippen LogP contribution in [0.25, 0.3) is 0 Å². The minimum Gasteiger partial charge on any atom is -0.481 e. The van der Waals surface area contributed by atoms with E-state index in [9.17, 15) is 18.3 Å². The first-order valence-corrected chi connectivity index (χ1v) is 8.97. The van der Waals surface area contributed by atoms with E-state index in [1.54, 1.807) is 30.3 Å². The Kier molecular flexibility index (Phi) is 5.93. The zero-order valence-electron chi connectivity index (χ0n) is 12.4. The summed E-state index contributed by atoms with van der Waals surface area (Å²) in [6.07, 6.45) is 3.77. The van der Waals surface area contributed by atoms with Gasteiger partial charge in [0.2, 0.25) is 0 Å². The molecule has 1 unspecified atom stereocenters. The third-order valence-electron chi connectivity index (χ3n) is 3.87. The number of carboxylic acids is 1. The fourth-order valence-electron chi connectivity index (χ4n) is 2.60. The standard InChI is InChI=1S/C15H22N2O4S/c18-15(19)14(13-8-4-3-5-9-13)12-16-22(20,21)17-10-6-1-2-7-11-17/h3-5,8-9,14,16H,1-2,6-7,10-12H2,(H,18,19). The Morgan fingerprint density at radius 3 is 2.27 bits per heavy atom. The molecule has 1 aliphatic rings. The highest BCUT2D eigenvalue weighted by Crippen LogP contribution is 2.17. The predicted molar refractivity (Wildman–Crippen MR) is 83.8 cm³/mol. The number of hydrogen-bond acceptors (Lipinski definition) is 3. The summed E-state index contributed by atoms with van der Waals surface area (Å²) in [7, 11) is -3.62. The van der Waals surface area contributed by atoms with Crippen LogP contribution in [0.3, 0.4) is 0 Å². The summed E-state index contributed by atoms with van der Waals surface area (Å²) in [5.41, 5.74) is 0.591. The van der Waals surface area contributed by atoms with E-state index in [4.69, 9.17) is 0 Å². The Labute approximate surface area is 131 Å². The molecule has 0 aliphatic carbocycles. The number of carboxylic acid groups (broad SMARTS) is 1. The van der Waals surface area contributed by atoms with Crippen LogP contribution in [-0.4, -0.2) is 43.4 Å². The van der Waals surface area contributed by atoms with Crippen molar-refractivity contribution in [3.63, 3.8) is 0 Å². The number of aliphatic carboxylic acids is 1. The molecule has 0 spiro atoms. The summed E-state index contributed by atoms with van der Waals surface area (Å²) in [4.78, 5) is 11.4. The van der Waals surface area contributed by atoms with Crippen LogP contribution in [0.1, 0.15) is 37.2 Å². The molecule has 2 N–H and O–H groups in total. The largest absolute Gasteiger partial charge is 0.481 e. The van der Waals surface area contributed by atoms with Crippen molar-refractivity contribution < 1.29 is 18.3 Å². The van der Waals surface area contributed by atoms with Gasteiger partial charge in [0, 0.05) is 19.6 Å². The van der Waals surface area contributed by atoms with Gasteiger partial charge in [0.05, 0.1) is 5.92 Å². The van der Waals surface area contributed by atoms with E-state index in [1.165, 1.54) is 4.31 Å². The molecular weight excluding hydrogens is 304 g/mol. The Morgan fingerprint density at radius 2 is 1.73 bits per heavy atom. The van der Waals surface area contributed by atoms with Gasteiger partial charge in [0.1, 0.15) is 0 Å². The quantitative estimate of drug-likeness (QED) is 0.831. The van der Waals surface area contributed by atoms with Gasteiger partial charge in [-0.1, -0.05) is 43.2 Å². The molecule has 1 aliphatic heterocycles. The van der Waals surface area contributed by atoms with E-state index in [-0.39, 0.29) is 6.54 Å². The van der Waals surface area contributed by atoms with Gasteiger partial charge in [-0.2, -0.15) is 12.7 Å². The lowest BCUT2D eigenvalue weighted by Crippen LogP contribution is -2.43. The summed E-state index contributed by atoms with van der Waals surface area (Å²) in [5, 5.41) is 9.33. The van der Waals surface area contributed by atoms with Crippen molar-refractivity contribution in [2.24, 2.45) is 0 Å². The molecular formula is C15H22N2O4S. The number of rotatable bonds is 6. The first-order valence-electron chi connectivity index (χ1n) is 7.53. The Morgan fingerprint density at radius 1 is 1.14 bits per heavy atom. The third kappa shape index (κ3) is 4.53. The van der Waals surface area contributed by atoms with Crippen LogP contribution >= 0.6 is 0 Å². The molecule has 1 fully saturated rings. The van der Waals surface area contributed by atoms with Gasteiger partial charge in [-0.3, -0.25) is 4.79 Å². The van der Waals surface area contributed by atoms with Gasteiger partial charge >= 0.3 is 5.97 Å². The van der Waals surface area contributed by atoms with Crippen molar-refractivity contribution in [1.82, 2.24) is 9.03 Å². The lowest BCUT2D eigenvalue weighted by Gasteiger charge is -2.21. The monoisotopic (exact) mass is 326 g/mol. The second kappa shape index (κ2) is 7.71. The molecule has 0 amide bonds. The highest BCUT2D eigenvalue weighted by atomic mass is 32.2. The zero-order valence-corrected chi connectivity index (χ0v) is 13.3. The van der Waals surface area contributed by atoms with Crippen LogP contribution in [0, 0.1) is 0 Å². The number of nitrogens with one attached hydrogen (secondary N) is 1. The van der Waals surface area contributed by atoms with Crippen LogP contribution in [0.2, 0.25) is 0 Å². The molecule has 1 saturated heterocycles. The van der Waals surface area contributed by atoms with Gasteiger partial charge < -0.3 is 5.11 Å². The number of carbonyl (C=O) groups is 1. The average Bonchev–Trinajstić information content (AvgIpc) is 2.78. The Hall–Kier alpha value is -1.44. The molecule has 1 aromatic rings. The van der Waals surface area contributed by atoms with Gasteiger partial charge in [-0.15, -0.1) is 0 Å². The lowest BCUT2D eigenvalue weighted by atomic mass is 10.00. The summed E-state index contributed by atoms with van der Waals surface area (Å²) in [6.45, 7) is 0.856. The minimum atomic E-state index is -3.62. The maximum Gasteiger partial charge on any atom is 0.312 e. The zero-order chi connectivity index (χ0) is 16.0. The SMILES string of the molecule is O=C(O)C(CNS(=O)(=O)N1CCCCCC1)c1ccccc1. The van der Waals surface area contributed by atoms with Crippen molar-refractivity contribution in [1.29, 1.82) is 0 Å². The van der Waals surface area contributed by atoms with E-state index in [1.807, 2.05) is 0 Å². The lowest BCUT2D eigenvalue weighted by molar-refractivity contribution is -0.138. The van der Waals surface area contributed by atoms with Crippen LogP contribution in [-0.2, 0) is 15.0 Å².